The number of carbonyl (C=O) groups is 1. The van der Waals surface area contributed by atoms with Crippen LogP contribution >= 0.6 is 12.4 Å². The Morgan fingerprint density at radius 1 is 1.28 bits per heavy atom. The molecule has 4 nitrogen and oxygen atoms in total. The molecule has 1 aromatic carbocycles. The molecule has 0 heterocycles. The van der Waals surface area contributed by atoms with Crippen LogP contribution in [0.2, 0.25) is 0 Å². The standard InChI is InChI=1S/C10H10F3NO3.ClH/c1-9(14,8(15)16)6-2-4-7(5-3-6)17-10(11,12)13;/h2-5H,14H2,1H3,(H,15,16);1H. The van der Waals surface area contributed by atoms with Crippen LogP contribution in [0.25, 0.3) is 0 Å². The Labute approximate surface area is 107 Å². The zero-order valence-electron chi connectivity index (χ0n) is 9.19. The van der Waals surface area contributed by atoms with Gasteiger partial charge in [-0.3, -0.25) is 0 Å². The lowest BCUT2D eigenvalue weighted by Gasteiger charge is -2.20. The minimum absolute atomic E-state index is 0. The van der Waals surface area contributed by atoms with Gasteiger partial charge in [-0.1, -0.05) is 12.1 Å². The van der Waals surface area contributed by atoms with E-state index in [1.165, 1.54) is 19.1 Å². The van der Waals surface area contributed by atoms with E-state index in [1.54, 1.807) is 0 Å². The zero-order valence-corrected chi connectivity index (χ0v) is 10.0. The van der Waals surface area contributed by atoms with Crippen molar-refractivity contribution in [3.63, 3.8) is 0 Å². The van der Waals surface area contributed by atoms with Gasteiger partial charge in [0.15, 0.2) is 0 Å². The first-order chi connectivity index (χ1) is 7.63. The lowest BCUT2D eigenvalue weighted by molar-refractivity contribution is -0.274. The number of nitrogens with two attached hydrogens (primary N) is 1. The molecule has 0 radical (unpaired) electrons. The predicted molar refractivity (Wildman–Crippen MR) is 59.5 cm³/mol. The van der Waals surface area contributed by atoms with Crippen LogP contribution in [0.1, 0.15) is 12.5 Å². The van der Waals surface area contributed by atoms with Gasteiger partial charge in [0.1, 0.15) is 11.3 Å². The maximum Gasteiger partial charge on any atom is 0.573 e. The number of hydrogen-bond acceptors (Lipinski definition) is 3. The fraction of sp³-hybridized carbons (Fsp3) is 0.300. The smallest absolute Gasteiger partial charge is 0.480 e. The van der Waals surface area contributed by atoms with Crippen molar-refractivity contribution in [3.05, 3.63) is 29.8 Å². The van der Waals surface area contributed by atoms with Gasteiger partial charge in [-0.05, 0) is 24.6 Å². The van der Waals surface area contributed by atoms with E-state index in [0.717, 1.165) is 12.1 Å². The second kappa shape index (κ2) is 5.45. The summed E-state index contributed by atoms with van der Waals surface area (Å²) >= 11 is 0. The molecule has 0 aliphatic carbocycles. The highest BCUT2D eigenvalue weighted by Crippen LogP contribution is 2.25. The Morgan fingerprint density at radius 2 is 1.72 bits per heavy atom. The molecule has 0 aliphatic heterocycles. The molecule has 8 heteroatoms. The summed E-state index contributed by atoms with van der Waals surface area (Å²) in [6.07, 6.45) is -4.78. The third kappa shape index (κ3) is 4.08. The van der Waals surface area contributed by atoms with Crippen LogP contribution in [0.5, 0.6) is 5.75 Å². The maximum atomic E-state index is 11.9. The number of carboxylic acids is 1. The molecule has 0 saturated carbocycles. The molecule has 0 amide bonds. The highest BCUT2D eigenvalue weighted by atomic mass is 35.5. The quantitative estimate of drug-likeness (QED) is 0.893. The van der Waals surface area contributed by atoms with Gasteiger partial charge in [-0.2, -0.15) is 0 Å². The summed E-state index contributed by atoms with van der Waals surface area (Å²) in [6.45, 7) is 1.24. The predicted octanol–water partition coefficient (Wildman–Crippen LogP) is 2.27. The van der Waals surface area contributed by atoms with E-state index in [2.05, 4.69) is 4.74 Å². The molecule has 1 unspecified atom stereocenters. The normalized spacial score (nSPS) is 14.3. The molecular formula is C10H11ClF3NO3. The SMILES string of the molecule is CC(N)(C(=O)O)c1ccc(OC(F)(F)F)cc1.Cl. The van der Waals surface area contributed by atoms with Gasteiger partial charge >= 0.3 is 12.3 Å². The van der Waals surface area contributed by atoms with Crippen molar-refractivity contribution in [2.24, 2.45) is 5.73 Å². The summed E-state index contributed by atoms with van der Waals surface area (Å²) in [7, 11) is 0. The van der Waals surface area contributed by atoms with E-state index in [4.69, 9.17) is 10.8 Å². The van der Waals surface area contributed by atoms with Gasteiger partial charge in [0.05, 0.1) is 0 Å². The van der Waals surface area contributed by atoms with Crippen LogP contribution in [0.4, 0.5) is 13.2 Å². The molecule has 3 N–H and O–H groups in total. The minimum Gasteiger partial charge on any atom is -0.480 e. The average Bonchev–Trinajstić information content (AvgIpc) is 2.15. The van der Waals surface area contributed by atoms with Crippen LogP contribution in [0.3, 0.4) is 0 Å². The Hall–Kier alpha value is -1.47. The van der Waals surface area contributed by atoms with E-state index in [1.807, 2.05) is 0 Å². The Kier molecular flexibility index (Phi) is 5.00. The summed E-state index contributed by atoms with van der Waals surface area (Å²) in [5.41, 5.74) is 4.02. The highest BCUT2D eigenvalue weighted by Gasteiger charge is 2.32. The van der Waals surface area contributed by atoms with E-state index < -0.39 is 23.6 Å². The maximum absolute atomic E-state index is 11.9. The van der Waals surface area contributed by atoms with Crippen molar-refractivity contribution in [1.29, 1.82) is 0 Å². The average molecular weight is 286 g/mol. The lowest BCUT2D eigenvalue weighted by Crippen LogP contribution is -2.41. The number of ether oxygens (including phenoxy) is 1. The summed E-state index contributed by atoms with van der Waals surface area (Å²) in [6, 6.07) is 4.37. The number of benzene rings is 1. The van der Waals surface area contributed by atoms with Gasteiger partial charge in [0, 0.05) is 0 Å². The van der Waals surface area contributed by atoms with Crippen molar-refractivity contribution in [2.45, 2.75) is 18.8 Å². The molecule has 0 bridgehead atoms. The van der Waals surface area contributed by atoms with Gasteiger partial charge in [-0.15, -0.1) is 25.6 Å². The Morgan fingerprint density at radius 3 is 2.06 bits per heavy atom. The molecule has 102 valence electrons. The van der Waals surface area contributed by atoms with Crippen LogP contribution < -0.4 is 10.5 Å². The van der Waals surface area contributed by atoms with Gasteiger partial charge < -0.3 is 15.6 Å². The third-order valence-corrected chi connectivity index (χ3v) is 2.13. The fourth-order valence-electron chi connectivity index (χ4n) is 1.13. The van der Waals surface area contributed by atoms with Crippen molar-refractivity contribution < 1.29 is 27.8 Å². The van der Waals surface area contributed by atoms with Crippen LogP contribution in [0, 0.1) is 0 Å². The Bertz CT molecular complexity index is 417. The van der Waals surface area contributed by atoms with E-state index >= 15 is 0 Å². The summed E-state index contributed by atoms with van der Waals surface area (Å²) < 4.78 is 39.2. The topological polar surface area (TPSA) is 72.6 Å². The fourth-order valence-corrected chi connectivity index (χ4v) is 1.13. The summed E-state index contributed by atoms with van der Waals surface area (Å²) in [5.74, 6) is -1.70. The summed E-state index contributed by atoms with van der Waals surface area (Å²) in [4.78, 5) is 10.8. The number of aliphatic carboxylic acids is 1. The number of alkyl halides is 3. The number of carboxylic acid groups (broad SMARTS) is 1. The second-order valence-electron chi connectivity index (χ2n) is 3.58. The first-order valence-corrected chi connectivity index (χ1v) is 4.51. The molecule has 1 rings (SSSR count). The minimum atomic E-state index is -4.78. The van der Waals surface area contributed by atoms with E-state index in [9.17, 15) is 18.0 Å². The number of rotatable bonds is 3. The number of hydrogen-bond donors (Lipinski definition) is 2. The molecule has 18 heavy (non-hydrogen) atoms. The molecule has 1 atom stereocenters. The molecule has 0 fully saturated rings. The molecule has 0 aliphatic rings. The molecule has 0 spiro atoms. The van der Waals surface area contributed by atoms with Crippen LogP contribution in [-0.2, 0) is 10.3 Å². The van der Waals surface area contributed by atoms with Crippen LogP contribution in [-0.4, -0.2) is 17.4 Å². The lowest BCUT2D eigenvalue weighted by atomic mass is 9.93. The molecule has 0 saturated heterocycles. The highest BCUT2D eigenvalue weighted by molar-refractivity contribution is 5.85. The van der Waals surface area contributed by atoms with Crippen molar-refractivity contribution in [2.75, 3.05) is 0 Å². The van der Waals surface area contributed by atoms with Gasteiger partial charge in [-0.25, -0.2) is 4.79 Å². The largest absolute Gasteiger partial charge is 0.573 e. The first kappa shape index (κ1) is 16.5. The first-order valence-electron chi connectivity index (χ1n) is 4.51. The summed E-state index contributed by atoms with van der Waals surface area (Å²) in [5, 5.41) is 8.81. The van der Waals surface area contributed by atoms with E-state index in [0.29, 0.717) is 0 Å². The van der Waals surface area contributed by atoms with E-state index in [-0.39, 0.29) is 18.0 Å². The van der Waals surface area contributed by atoms with Crippen molar-refractivity contribution >= 4 is 18.4 Å². The zero-order chi connectivity index (χ0) is 13.3. The van der Waals surface area contributed by atoms with Crippen molar-refractivity contribution in [1.82, 2.24) is 0 Å². The van der Waals surface area contributed by atoms with Crippen LogP contribution in [0.15, 0.2) is 24.3 Å². The van der Waals surface area contributed by atoms with Gasteiger partial charge in [0.25, 0.3) is 0 Å². The van der Waals surface area contributed by atoms with Crippen molar-refractivity contribution in [3.8, 4) is 5.75 Å². The van der Waals surface area contributed by atoms with Gasteiger partial charge in [0.2, 0.25) is 0 Å². The molecule has 0 aromatic heterocycles. The molecule has 1 aromatic rings. The third-order valence-electron chi connectivity index (χ3n) is 2.13. The second-order valence-corrected chi connectivity index (χ2v) is 3.58. The number of halogens is 4. The molecular weight excluding hydrogens is 275 g/mol. The monoisotopic (exact) mass is 285 g/mol. The Balaban J connectivity index is 0.00000289.